The summed E-state index contributed by atoms with van der Waals surface area (Å²) in [7, 11) is 0. The van der Waals surface area contributed by atoms with Crippen molar-refractivity contribution in [1.82, 2.24) is 19.6 Å². The maximum Gasteiger partial charge on any atom is 0.127 e. The van der Waals surface area contributed by atoms with E-state index in [1.165, 1.54) is 0 Å². The predicted molar refractivity (Wildman–Crippen MR) is 89.7 cm³/mol. The third-order valence-electron chi connectivity index (χ3n) is 3.86. The van der Waals surface area contributed by atoms with Crippen LogP contribution < -0.4 is 5.32 Å². The van der Waals surface area contributed by atoms with Crippen LogP contribution in [0.15, 0.2) is 42.7 Å². The summed E-state index contributed by atoms with van der Waals surface area (Å²) in [6.07, 6.45) is 3.87. The summed E-state index contributed by atoms with van der Waals surface area (Å²) in [6.45, 7) is 5.22. The lowest BCUT2D eigenvalue weighted by atomic mass is 10.2. The zero-order valence-corrected chi connectivity index (χ0v) is 13.4. The monoisotopic (exact) mass is 311 g/mol. The second-order valence-corrected chi connectivity index (χ2v) is 5.49. The van der Waals surface area contributed by atoms with Crippen LogP contribution in [-0.2, 0) is 13.1 Å². The summed E-state index contributed by atoms with van der Waals surface area (Å²) in [6, 6.07) is 10.0. The molecule has 23 heavy (non-hydrogen) atoms. The Bertz CT molecular complexity index is 776. The Morgan fingerprint density at radius 3 is 2.70 bits per heavy atom. The Morgan fingerprint density at radius 1 is 1.17 bits per heavy atom. The van der Waals surface area contributed by atoms with Gasteiger partial charge >= 0.3 is 0 Å². The van der Waals surface area contributed by atoms with Gasteiger partial charge in [-0.2, -0.15) is 10.2 Å². The van der Waals surface area contributed by atoms with Gasteiger partial charge in [0.25, 0.3) is 0 Å². The van der Waals surface area contributed by atoms with Gasteiger partial charge in [-0.3, -0.25) is 0 Å². The molecular formula is C17H21N5O. The van der Waals surface area contributed by atoms with Gasteiger partial charge in [-0.25, -0.2) is 9.36 Å². The molecule has 0 aliphatic heterocycles. The molecule has 0 saturated carbocycles. The van der Waals surface area contributed by atoms with Crippen LogP contribution in [-0.4, -0.2) is 31.3 Å². The maximum atomic E-state index is 9.16. The third-order valence-corrected chi connectivity index (χ3v) is 3.86. The molecule has 0 atom stereocenters. The van der Waals surface area contributed by atoms with Gasteiger partial charge in [-0.15, -0.1) is 0 Å². The van der Waals surface area contributed by atoms with Crippen molar-refractivity contribution < 1.29 is 5.11 Å². The van der Waals surface area contributed by atoms with Crippen LogP contribution in [0.4, 0.5) is 5.82 Å². The number of rotatable bonds is 6. The molecule has 0 aliphatic carbocycles. The molecule has 6 nitrogen and oxygen atoms in total. The van der Waals surface area contributed by atoms with Crippen LogP contribution in [0.3, 0.4) is 0 Å². The van der Waals surface area contributed by atoms with Gasteiger partial charge in [-0.1, -0.05) is 18.2 Å². The van der Waals surface area contributed by atoms with Crippen molar-refractivity contribution in [2.24, 2.45) is 0 Å². The van der Waals surface area contributed by atoms with E-state index < -0.39 is 0 Å². The highest BCUT2D eigenvalue weighted by Gasteiger charge is 2.11. The molecule has 0 amide bonds. The number of aromatic nitrogens is 4. The lowest BCUT2D eigenvalue weighted by Crippen LogP contribution is -2.10. The van der Waals surface area contributed by atoms with E-state index in [2.05, 4.69) is 15.5 Å². The van der Waals surface area contributed by atoms with E-state index in [4.69, 9.17) is 5.11 Å². The van der Waals surface area contributed by atoms with Crippen molar-refractivity contribution in [2.75, 3.05) is 11.9 Å². The zero-order chi connectivity index (χ0) is 16.2. The smallest absolute Gasteiger partial charge is 0.127 e. The first-order valence-corrected chi connectivity index (χ1v) is 7.66. The summed E-state index contributed by atoms with van der Waals surface area (Å²) in [4.78, 5) is 0. The minimum Gasteiger partial charge on any atom is -0.394 e. The highest BCUT2D eigenvalue weighted by atomic mass is 16.3. The van der Waals surface area contributed by atoms with Crippen molar-refractivity contribution in [1.29, 1.82) is 0 Å². The number of hydrogen-bond donors (Lipinski definition) is 2. The van der Waals surface area contributed by atoms with Crippen molar-refractivity contribution in [3.05, 3.63) is 59.5 Å². The Balaban J connectivity index is 1.73. The van der Waals surface area contributed by atoms with Gasteiger partial charge < -0.3 is 10.4 Å². The number of anilines is 1. The van der Waals surface area contributed by atoms with Crippen molar-refractivity contribution in [3.8, 4) is 5.69 Å². The molecule has 6 heteroatoms. The Labute approximate surface area is 135 Å². The van der Waals surface area contributed by atoms with Crippen LogP contribution in [0.2, 0.25) is 0 Å². The molecule has 2 aromatic heterocycles. The van der Waals surface area contributed by atoms with E-state index >= 15 is 0 Å². The first kappa shape index (κ1) is 15.3. The Morgan fingerprint density at radius 2 is 1.96 bits per heavy atom. The molecule has 0 aliphatic rings. The maximum absolute atomic E-state index is 9.16. The molecular weight excluding hydrogens is 290 g/mol. The standard InChI is InChI=1S/C17H21N5O/c1-13-14(2)20-21(8-9-23)17(13)18-10-15-11-19-22(12-15)16-6-4-3-5-7-16/h3-7,11-12,18,23H,8-10H2,1-2H3. The number of aliphatic hydroxyl groups is 1. The molecule has 2 heterocycles. The predicted octanol–water partition coefficient (Wildman–Crippen LogP) is 2.29. The van der Waals surface area contributed by atoms with E-state index in [0.717, 1.165) is 28.3 Å². The average molecular weight is 311 g/mol. The van der Waals surface area contributed by atoms with Gasteiger partial charge in [0.15, 0.2) is 0 Å². The molecule has 0 radical (unpaired) electrons. The highest BCUT2D eigenvalue weighted by molar-refractivity contribution is 5.47. The van der Waals surface area contributed by atoms with Crippen LogP contribution in [0.5, 0.6) is 0 Å². The normalized spacial score (nSPS) is 10.9. The average Bonchev–Trinajstić information content (AvgIpc) is 3.13. The molecule has 3 rings (SSSR count). The molecule has 120 valence electrons. The number of aryl methyl sites for hydroxylation is 1. The topological polar surface area (TPSA) is 67.9 Å². The fraction of sp³-hybridized carbons (Fsp3) is 0.294. The van der Waals surface area contributed by atoms with E-state index in [9.17, 15) is 0 Å². The Hall–Kier alpha value is -2.60. The summed E-state index contributed by atoms with van der Waals surface area (Å²) in [5.74, 6) is 0.948. The highest BCUT2D eigenvalue weighted by Crippen LogP contribution is 2.19. The minimum atomic E-state index is 0.0706. The van der Waals surface area contributed by atoms with E-state index in [0.29, 0.717) is 13.1 Å². The lowest BCUT2D eigenvalue weighted by Gasteiger charge is -2.09. The summed E-state index contributed by atoms with van der Waals surface area (Å²) < 4.78 is 3.67. The zero-order valence-electron chi connectivity index (χ0n) is 13.4. The van der Waals surface area contributed by atoms with Gasteiger partial charge in [0.2, 0.25) is 0 Å². The number of nitrogens with one attached hydrogen (secondary N) is 1. The number of aliphatic hydroxyl groups excluding tert-OH is 1. The molecule has 2 N–H and O–H groups in total. The van der Waals surface area contributed by atoms with E-state index in [1.54, 1.807) is 0 Å². The first-order valence-electron chi connectivity index (χ1n) is 7.66. The number of para-hydroxylation sites is 1. The molecule has 1 aromatic carbocycles. The Kier molecular flexibility index (Phi) is 4.43. The summed E-state index contributed by atoms with van der Waals surface area (Å²) >= 11 is 0. The quantitative estimate of drug-likeness (QED) is 0.733. The van der Waals surface area contributed by atoms with Crippen LogP contribution in [0.1, 0.15) is 16.8 Å². The fourth-order valence-electron chi connectivity index (χ4n) is 2.51. The fourth-order valence-corrected chi connectivity index (χ4v) is 2.51. The second kappa shape index (κ2) is 6.66. The first-order chi connectivity index (χ1) is 11.2. The SMILES string of the molecule is Cc1nn(CCO)c(NCc2cnn(-c3ccccc3)c2)c1C. The van der Waals surface area contributed by atoms with Gasteiger partial charge in [0.05, 0.1) is 30.7 Å². The molecule has 3 aromatic rings. The molecule has 0 spiro atoms. The van der Waals surface area contributed by atoms with Crippen molar-refractivity contribution in [2.45, 2.75) is 26.9 Å². The molecule has 0 bridgehead atoms. The largest absolute Gasteiger partial charge is 0.394 e. The van der Waals surface area contributed by atoms with Gasteiger partial charge in [-0.05, 0) is 26.0 Å². The minimum absolute atomic E-state index is 0.0706. The van der Waals surface area contributed by atoms with Crippen LogP contribution >= 0.6 is 0 Å². The number of hydrogen-bond acceptors (Lipinski definition) is 4. The molecule has 0 fully saturated rings. The second-order valence-electron chi connectivity index (χ2n) is 5.49. The molecule has 0 unspecified atom stereocenters. The van der Waals surface area contributed by atoms with Crippen molar-refractivity contribution >= 4 is 5.82 Å². The summed E-state index contributed by atoms with van der Waals surface area (Å²) in [5.41, 5.74) is 4.20. The van der Waals surface area contributed by atoms with E-state index in [-0.39, 0.29) is 6.61 Å². The summed E-state index contributed by atoms with van der Waals surface area (Å²) in [5, 5.41) is 21.4. The van der Waals surface area contributed by atoms with Crippen LogP contribution in [0, 0.1) is 13.8 Å². The lowest BCUT2D eigenvalue weighted by molar-refractivity contribution is 0.270. The molecule has 0 saturated heterocycles. The van der Waals surface area contributed by atoms with Gasteiger partial charge in [0.1, 0.15) is 5.82 Å². The number of benzene rings is 1. The van der Waals surface area contributed by atoms with Crippen molar-refractivity contribution in [3.63, 3.8) is 0 Å². The number of nitrogens with zero attached hydrogens (tertiary/aromatic N) is 4. The van der Waals surface area contributed by atoms with Crippen LogP contribution in [0.25, 0.3) is 5.69 Å². The van der Waals surface area contributed by atoms with E-state index in [1.807, 2.05) is 65.9 Å². The third kappa shape index (κ3) is 3.27. The van der Waals surface area contributed by atoms with Gasteiger partial charge in [0, 0.05) is 23.9 Å².